The third-order valence-electron chi connectivity index (χ3n) is 6.54. The smallest absolute Gasteiger partial charge is 0.416 e. The number of thioether (sulfide) groups is 1. The maximum atomic E-state index is 14.1. The van der Waals surface area contributed by atoms with E-state index in [0.717, 1.165) is 17.7 Å². The van der Waals surface area contributed by atoms with Gasteiger partial charge in [0.05, 0.1) is 24.9 Å². The van der Waals surface area contributed by atoms with E-state index in [4.69, 9.17) is 4.74 Å². The van der Waals surface area contributed by atoms with Crippen LogP contribution >= 0.6 is 11.8 Å². The van der Waals surface area contributed by atoms with Gasteiger partial charge in [-0.1, -0.05) is 29.8 Å². The molecule has 0 saturated carbocycles. The number of rotatable bonds is 4. The number of aryl methyl sites for hydroxylation is 1. The molecule has 1 saturated heterocycles. The summed E-state index contributed by atoms with van der Waals surface area (Å²) < 4.78 is 45.3. The molecule has 0 aromatic heterocycles. The summed E-state index contributed by atoms with van der Waals surface area (Å²) in [5.74, 6) is 0.434. The molecule has 186 valence electrons. The molecule has 1 atom stereocenters. The molecule has 9 heteroatoms. The van der Waals surface area contributed by atoms with Crippen molar-refractivity contribution >= 4 is 29.3 Å². The van der Waals surface area contributed by atoms with Crippen LogP contribution in [0.3, 0.4) is 0 Å². The lowest BCUT2D eigenvalue weighted by atomic mass is 10.0. The minimum absolute atomic E-state index is 0.0586. The third kappa shape index (κ3) is 3.91. The molecule has 0 N–H and O–H groups in total. The van der Waals surface area contributed by atoms with Crippen LogP contribution < -0.4 is 9.64 Å². The highest BCUT2D eigenvalue weighted by Gasteiger charge is 2.59. The number of carbonyl (C=O) groups is 2. The second kappa shape index (κ2) is 8.89. The van der Waals surface area contributed by atoms with E-state index in [1.807, 2.05) is 19.1 Å². The molecule has 3 aromatic rings. The highest BCUT2D eigenvalue weighted by molar-refractivity contribution is 8.01. The number of carbonyl (C=O) groups excluding carboxylic acids is 2. The van der Waals surface area contributed by atoms with E-state index in [0.29, 0.717) is 40.4 Å². The van der Waals surface area contributed by atoms with E-state index < -0.39 is 16.6 Å². The summed E-state index contributed by atoms with van der Waals surface area (Å²) >= 11 is 1.36. The first kappa shape index (κ1) is 24.2. The van der Waals surface area contributed by atoms with E-state index in [9.17, 15) is 22.8 Å². The first-order chi connectivity index (χ1) is 17.1. The van der Waals surface area contributed by atoms with Crippen molar-refractivity contribution in [3.05, 3.63) is 94.5 Å². The highest BCUT2D eigenvalue weighted by atomic mass is 32.2. The van der Waals surface area contributed by atoms with Gasteiger partial charge >= 0.3 is 6.18 Å². The van der Waals surface area contributed by atoms with E-state index >= 15 is 0 Å². The van der Waals surface area contributed by atoms with Crippen molar-refractivity contribution in [3.8, 4) is 5.75 Å². The standard InChI is InChI=1S/C27H23F3N2O3S/c1-17-6-8-19(9-7-17)24(33)32-12-13-36-26(32)22-15-21(35-2)10-11-23(22)31(25(26)34)16-18-4-3-5-20(14-18)27(28,29)30/h3-11,14-15H,12-13,16H2,1-2H3/t26-/m1/s1. The fourth-order valence-electron chi connectivity index (χ4n) is 4.76. The summed E-state index contributed by atoms with van der Waals surface area (Å²) in [4.78, 5) is 29.5. The molecule has 2 aliphatic rings. The van der Waals surface area contributed by atoms with Gasteiger partial charge in [-0.2, -0.15) is 13.2 Å². The Labute approximate surface area is 210 Å². The van der Waals surface area contributed by atoms with Gasteiger partial charge in [0.25, 0.3) is 11.8 Å². The monoisotopic (exact) mass is 512 g/mol. The number of hydrogen-bond acceptors (Lipinski definition) is 4. The summed E-state index contributed by atoms with van der Waals surface area (Å²) in [5, 5.41) is 0. The normalized spacial score (nSPS) is 19.2. The van der Waals surface area contributed by atoms with Crippen molar-refractivity contribution in [1.29, 1.82) is 0 Å². The summed E-state index contributed by atoms with van der Waals surface area (Å²) in [6.07, 6.45) is -4.49. The van der Waals surface area contributed by atoms with E-state index in [1.165, 1.54) is 29.8 Å². The maximum absolute atomic E-state index is 14.1. The lowest BCUT2D eigenvalue weighted by Gasteiger charge is -2.33. The Morgan fingerprint density at radius 2 is 1.83 bits per heavy atom. The fourth-order valence-corrected chi connectivity index (χ4v) is 6.21. The molecule has 1 spiro atoms. The van der Waals surface area contributed by atoms with Gasteiger partial charge in [-0.15, -0.1) is 11.8 Å². The van der Waals surface area contributed by atoms with Gasteiger partial charge in [-0.25, -0.2) is 0 Å². The number of nitrogens with zero attached hydrogens (tertiary/aromatic N) is 2. The van der Waals surface area contributed by atoms with Crippen LogP contribution in [0.2, 0.25) is 0 Å². The van der Waals surface area contributed by atoms with Crippen LogP contribution in [0.4, 0.5) is 18.9 Å². The minimum Gasteiger partial charge on any atom is -0.497 e. The molecule has 0 bridgehead atoms. The van der Waals surface area contributed by atoms with Gasteiger partial charge < -0.3 is 14.5 Å². The van der Waals surface area contributed by atoms with Crippen molar-refractivity contribution in [2.24, 2.45) is 0 Å². The lowest BCUT2D eigenvalue weighted by Crippen LogP contribution is -2.50. The number of fused-ring (bicyclic) bond motifs is 2. The van der Waals surface area contributed by atoms with Crippen LogP contribution in [0.25, 0.3) is 0 Å². The van der Waals surface area contributed by atoms with Gasteiger partial charge in [-0.05, 0) is 55.0 Å². The van der Waals surface area contributed by atoms with Gasteiger partial charge in [0, 0.05) is 23.4 Å². The molecule has 3 aromatic carbocycles. The Hall–Kier alpha value is -3.46. The number of halogens is 3. The van der Waals surface area contributed by atoms with E-state index in [2.05, 4.69) is 0 Å². The zero-order valence-electron chi connectivity index (χ0n) is 19.6. The molecule has 1 fully saturated rings. The van der Waals surface area contributed by atoms with Gasteiger partial charge in [0.2, 0.25) is 0 Å². The number of ether oxygens (including phenoxy) is 1. The summed E-state index contributed by atoms with van der Waals surface area (Å²) in [6, 6.07) is 17.3. The van der Waals surface area contributed by atoms with Crippen LogP contribution in [0.15, 0.2) is 66.7 Å². The molecular formula is C27H23F3N2O3S. The number of amides is 2. The number of benzene rings is 3. The van der Waals surface area contributed by atoms with Crippen LogP contribution in [-0.2, 0) is 22.4 Å². The fraction of sp³-hybridized carbons (Fsp3) is 0.259. The van der Waals surface area contributed by atoms with Gasteiger partial charge in [0.1, 0.15) is 5.75 Å². The Bertz CT molecular complexity index is 1340. The Morgan fingerprint density at radius 1 is 1.08 bits per heavy atom. The second-order valence-corrected chi connectivity index (χ2v) is 10.1. The summed E-state index contributed by atoms with van der Waals surface area (Å²) in [7, 11) is 1.52. The topological polar surface area (TPSA) is 49.9 Å². The Morgan fingerprint density at radius 3 is 2.53 bits per heavy atom. The van der Waals surface area contributed by atoms with Crippen LogP contribution in [-0.4, -0.2) is 36.1 Å². The Kier molecular flexibility index (Phi) is 5.98. The van der Waals surface area contributed by atoms with Gasteiger partial charge in [0.15, 0.2) is 4.87 Å². The Balaban J connectivity index is 1.58. The van der Waals surface area contributed by atoms with Crippen molar-refractivity contribution < 1.29 is 27.5 Å². The number of anilines is 1. The summed E-state index contributed by atoms with van der Waals surface area (Å²) in [6.45, 7) is 2.23. The van der Waals surface area contributed by atoms with Crippen molar-refractivity contribution in [2.75, 3.05) is 24.3 Å². The minimum atomic E-state index is -4.49. The number of alkyl halides is 3. The lowest BCUT2D eigenvalue weighted by molar-refractivity contribution is -0.137. The average molecular weight is 513 g/mol. The molecule has 5 rings (SSSR count). The molecule has 2 amide bonds. The first-order valence-electron chi connectivity index (χ1n) is 11.3. The zero-order valence-corrected chi connectivity index (χ0v) is 20.4. The van der Waals surface area contributed by atoms with Crippen LogP contribution in [0, 0.1) is 6.92 Å². The first-order valence-corrected chi connectivity index (χ1v) is 12.3. The van der Waals surface area contributed by atoms with Gasteiger partial charge in [-0.3, -0.25) is 9.59 Å². The SMILES string of the molecule is COc1ccc2c(c1)[C@@]1(SCCN1C(=O)c1ccc(C)cc1)C(=O)N2Cc1cccc(C(F)(F)F)c1. The van der Waals surface area contributed by atoms with Crippen LogP contribution in [0.1, 0.15) is 32.6 Å². The molecule has 2 aliphatic heterocycles. The highest BCUT2D eigenvalue weighted by Crippen LogP contribution is 2.55. The summed E-state index contributed by atoms with van der Waals surface area (Å²) in [5.41, 5.74) is 2.20. The molecule has 5 nitrogen and oxygen atoms in total. The predicted molar refractivity (Wildman–Crippen MR) is 132 cm³/mol. The maximum Gasteiger partial charge on any atom is 0.416 e. The molecule has 0 radical (unpaired) electrons. The molecular weight excluding hydrogens is 489 g/mol. The molecule has 36 heavy (non-hydrogen) atoms. The van der Waals surface area contributed by atoms with Crippen LogP contribution in [0.5, 0.6) is 5.75 Å². The predicted octanol–water partition coefficient (Wildman–Crippen LogP) is 5.61. The average Bonchev–Trinajstić information content (AvgIpc) is 3.40. The van der Waals surface area contributed by atoms with Crippen molar-refractivity contribution in [3.63, 3.8) is 0 Å². The van der Waals surface area contributed by atoms with E-state index in [-0.39, 0.29) is 18.4 Å². The largest absolute Gasteiger partial charge is 0.497 e. The molecule has 2 heterocycles. The number of hydrogen-bond donors (Lipinski definition) is 0. The molecule has 0 unspecified atom stereocenters. The second-order valence-electron chi connectivity index (χ2n) is 8.79. The third-order valence-corrected chi connectivity index (χ3v) is 7.96. The van der Waals surface area contributed by atoms with E-state index in [1.54, 1.807) is 41.3 Å². The number of methoxy groups -OCH3 is 1. The zero-order chi connectivity index (χ0) is 25.7. The van der Waals surface area contributed by atoms with Crippen molar-refractivity contribution in [1.82, 2.24) is 4.90 Å². The quantitative estimate of drug-likeness (QED) is 0.456. The molecule has 0 aliphatic carbocycles. The van der Waals surface area contributed by atoms with Crippen molar-refractivity contribution in [2.45, 2.75) is 24.5 Å².